The highest BCUT2D eigenvalue weighted by Gasteiger charge is 2.51. The lowest BCUT2D eigenvalue weighted by Crippen LogP contribution is -2.30. The highest BCUT2D eigenvalue weighted by molar-refractivity contribution is 6.31. The Morgan fingerprint density at radius 3 is 2.77 bits per heavy atom. The fourth-order valence-electron chi connectivity index (χ4n) is 3.32. The Labute approximate surface area is 178 Å². The number of alkyl halides is 2. The molecule has 31 heavy (non-hydrogen) atoms. The van der Waals surface area contributed by atoms with E-state index in [1.165, 1.54) is 12.1 Å². The molecule has 2 aromatic heterocycles. The molecule has 12 heteroatoms. The molecule has 1 N–H and O–H groups in total. The predicted molar refractivity (Wildman–Crippen MR) is 101 cm³/mol. The molecule has 1 aliphatic carbocycles. The first-order valence-corrected chi connectivity index (χ1v) is 9.58. The van der Waals surface area contributed by atoms with Crippen molar-refractivity contribution in [2.24, 2.45) is 0 Å². The van der Waals surface area contributed by atoms with Crippen LogP contribution < -0.4 is 5.32 Å². The molecule has 0 unspecified atom stereocenters. The number of aromatic nitrogens is 4. The highest BCUT2D eigenvalue weighted by atomic mass is 35.5. The third-order valence-corrected chi connectivity index (χ3v) is 5.29. The second kappa shape index (κ2) is 8.14. The van der Waals surface area contributed by atoms with Crippen molar-refractivity contribution in [2.45, 2.75) is 31.2 Å². The van der Waals surface area contributed by atoms with E-state index in [9.17, 15) is 22.8 Å². The van der Waals surface area contributed by atoms with Crippen LogP contribution in [0.1, 0.15) is 36.3 Å². The minimum atomic E-state index is -2.91. The van der Waals surface area contributed by atoms with E-state index >= 15 is 0 Å². The molecule has 1 aliphatic rings. The second-order valence-electron chi connectivity index (χ2n) is 7.01. The summed E-state index contributed by atoms with van der Waals surface area (Å²) in [5.41, 5.74) is -0.541. The highest BCUT2D eigenvalue weighted by Crippen LogP contribution is 2.54. The molecule has 0 radical (unpaired) electrons. The van der Waals surface area contributed by atoms with E-state index in [1.807, 2.05) is 0 Å². The van der Waals surface area contributed by atoms with Crippen LogP contribution in [0, 0.1) is 5.82 Å². The summed E-state index contributed by atoms with van der Waals surface area (Å²) in [6.07, 6.45) is -1.12. The average molecular weight is 454 g/mol. The number of amides is 1. The fourth-order valence-corrected chi connectivity index (χ4v) is 3.67. The molecule has 0 spiro atoms. The second-order valence-corrected chi connectivity index (χ2v) is 7.42. The van der Waals surface area contributed by atoms with Crippen LogP contribution in [0.4, 0.5) is 13.2 Å². The van der Waals surface area contributed by atoms with E-state index < -0.39 is 35.8 Å². The van der Waals surface area contributed by atoms with Gasteiger partial charge in [-0.1, -0.05) is 22.8 Å². The largest absolute Gasteiger partial charge is 0.348 e. The maximum Gasteiger partial charge on any atom is 0.280 e. The van der Waals surface area contributed by atoms with Crippen molar-refractivity contribution in [1.29, 1.82) is 0 Å². The molecular formula is C19H15ClF3N5O3. The van der Waals surface area contributed by atoms with Crippen molar-refractivity contribution in [3.05, 3.63) is 52.2 Å². The summed E-state index contributed by atoms with van der Waals surface area (Å²) in [6.45, 7) is -0.748. The Morgan fingerprint density at radius 2 is 2.13 bits per heavy atom. The number of rotatable bonds is 8. The monoisotopic (exact) mass is 453 g/mol. The molecule has 1 saturated carbocycles. The normalized spacial score (nSPS) is 14.6. The number of benzene rings is 1. The summed E-state index contributed by atoms with van der Waals surface area (Å²) in [5.74, 6) is -0.945. The minimum Gasteiger partial charge on any atom is -0.348 e. The first kappa shape index (κ1) is 21.0. The number of hydrogen-bond acceptors (Lipinski definition) is 6. The van der Waals surface area contributed by atoms with Crippen molar-refractivity contribution < 1.29 is 27.3 Å². The van der Waals surface area contributed by atoms with Crippen molar-refractivity contribution in [3.8, 4) is 11.6 Å². The maximum absolute atomic E-state index is 13.4. The zero-order valence-corrected chi connectivity index (χ0v) is 16.6. The first-order valence-electron chi connectivity index (χ1n) is 9.20. The summed E-state index contributed by atoms with van der Waals surface area (Å²) in [6, 6.07) is 5.10. The molecule has 162 valence electrons. The van der Waals surface area contributed by atoms with Crippen LogP contribution in [0.5, 0.6) is 0 Å². The van der Waals surface area contributed by atoms with Gasteiger partial charge in [0.05, 0.1) is 12.0 Å². The van der Waals surface area contributed by atoms with Crippen LogP contribution in [0.2, 0.25) is 5.02 Å². The number of carbonyl (C=O) groups excluding carboxylic acids is 2. The molecule has 3 aromatic rings. The van der Waals surface area contributed by atoms with Crippen LogP contribution in [0.3, 0.4) is 0 Å². The summed E-state index contributed by atoms with van der Waals surface area (Å²) in [7, 11) is 0. The lowest BCUT2D eigenvalue weighted by atomic mass is 9.95. The van der Waals surface area contributed by atoms with Gasteiger partial charge in [0, 0.05) is 5.02 Å². The smallest absolute Gasteiger partial charge is 0.280 e. The number of halogens is 4. The molecule has 1 aromatic carbocycles. The van der Waals surface area contributed by atoms with E-state index in [0.717, 1.165) is 10.7 Å². The Hall–Kier alpha value is -3.21. The van der Waals surface area contributed by atoms with Gasteiger partial charge < -0.3 is 14.6 Å². The maximum atomic E-state index is 13.4. The molecule has 1 fully saturated rings. The molecule has 0 aliphatic heterocycles. The molecule has 0 saturated heterocycles. The standard InChI is InChI=1S/C19H15ClF3N5O3/c20-12-7-10(21)1-2-11(12)19(3-4-19)18-25-17(31-27-18)13-8-14(16(22)23)28(26-13)9-15(30)24-5-6-29/h1-2,6-8,16H,3-5,9H2,(H,24,30). The van der Waals surface area contributed by atoms with Gasteiger partial charge >= 0.3 is 0 Å². The van der Waals surface area contributed by atoms with E-state index in [-0.39, 0.29) is 29.0 Å². The number of carbonyl (C=O) groups is 2. The van der Waals surface area contributed by atoms with E-state index in [0.29, 0.717) is 24.7 Å². The van der Waals surface area contributed by atoms with Crippen LogP contribution in [-0.4, -0.2) is 38.7 Å². The molecular weight excluding hydrogens is 439 g/mol. The van der Waals surface area contributed by atoms with Crippen LogP contribution in [-0.2, 0) is 21.5 Å². The Bertz CT molecular complexity index is 1140. The SMILES string of the molecule is O=CCNC(=O)Cn1nc(-c2nc(C3(c4ccc(F)cc4Cl)CC3)no2)cc1C(F)F. The summed E-state index contributed by atoms with van der Waals surface area (Å²) < 4.78 is 46.2. The first-order chi connectivity index (χ1) is 14.8. The minimum absolute atomic E-state index is 0.0294. The van der Waals surface area contributed by atoms with Crippen LogP contribution in [0.15, 0.2) is 28.8 Å². The van der Waals surface area contributed by atoms with Crippen molar-refractivity contribution in [2.75, 3.05) is 6.54 Å². The van der Waals surface area contributed by atoms with E-state index in [4.69, 9.17) is 16.1 Å². The van der Waals surface area contributed by atoms with Gasteiger partial charge in [-0.2, -0.15) is 10.1 Å². The van der Waals surface area contributed by atoms with Gasteiger partial charge in [-0.25, -0.2) is 13.2 Å². The average Bonchev–Trinajstić information content (AvgIpc) is 3.17. The summed E-state index contributed by atoms with van der Waals surface area (Å²) in [5, 5.41) is 10.4. The molecule has 0 bridgehead atoms. The number of aldehydes is 1. The Kier molecular flexibility index (Phi) is 5.52. The number of nitrogens with zero attached hydrogens (tertiary/aromatic N) is 4. The summed E-state index contributed by atoms with van der Waals surface area (Å²) in [4.78, 5) is 26.4. The predicted octanol–water partition coefficient (Wildman–Crippen LogP) is 3.06. The zero-order valence-electron chi connectivity index (χ0n) is 15.8. The number of nitrogens with one attached hydrogen (secondary N) is 1. The van der Waals surface area contributed by atoms with Gasteiger partial charge in [0.25, 0.3) is 12.3 Å². The van der Waals surface area contributed by atoms with Crippen molar-refractivity contribution >= 4 is 23.8 Å². The van der Waals surface area contributed by atoms with Gasteiger partial charge in [-0.15, -0.1) is 0 Å². The third kappa shape index (κ3) is 4.05. The molecule has 2 heterocycles. The van der Waals surface area contributed by atoms with Crippen molar-refractivity contribution in [3.63, 3.8) is 0 Å². The molecule has 4 rings (SSSR count). The number of hydrogen-bond donors (Lipinski definition) is 1. The third-order valence-electron chi connectivity index (χ3n) is 4.98. The van der Waals surface area contributed by atoms with Gasteiger partial charge in [0.2, 0.25) is 5.91 Å². The molecule has 0 atom stereocenters. The van der Waals surface area contributed by atoms with E-state index in [2.05, 4.69) is 20.6 Å². The van der Waals surface area contributed by atoms with Gasteiger partial charge in [-0.3, -0.25) is 9.48 Å². The zero-order chi connectivity index (χ0) is 22.2. The van der Waals surface area contributed by atoms with Gasteiger partial charge in [0.15, 0.2) is 11.5 Å². The quantitative estimate of drug-likeness (QED) is 0.526. The fraction of sp³-hybridized carbons (Fsp3) is 0.316. The summed E-state index contributed by atoms with van der Waals surface area (Å²) >= 11 is 6.19. The molecule has 8 nitrogen and oxygen atoms in total. The lowest BCUT2D eigenvalue weighted by molar-refractivity contribution is -0.123. The topological polar surface area (TPSA) is 103 Å². The Morgan fingerprint density at radius 1 is 1.35 bits per heavy atom. The van der Waals surface area contributed by atoms with Crippen molar-refractivity contribution in [1.82, 2.24) is 25.2 Å². The lowest BCUT2D eigenvalue weighted by Gasteiger charge is -2.12. The van der Waals surface area contributed by atoms with Crippen LogP contribution >= 0.6 is 11.6 Å². The molecule has 1 amide bonds. The van der Waals surface area contributed by atoms with E-state index in [1.54, 1.807) is 6.07 Å². The van der Waals surface area contributed by atoms with Gasteiger partial charge in [0.1, 0.15) is 24.3 Å². The Balaban J connectivity index is 1.62. The van der Waals surface area contributed by atoms with Gasteiger partial charge in [-0.05, 0) is 36.6 Å². The van der Waals surface area contributed by atoms with Crippen LogP contribution in [0.25, 0.3) is 11.6 Å².